The van der Waals surface area contributed by atoms with E-state index in [9.17, 15) is 4.79 Å². The van der Waals surface area contributed by atoms with E-state index < -0.39 is 0 Å². The van der Waals surface area contributed by atoms with Gasteiger partial charge in [0, 0.05) is 31.3 Å². The molecule has 5 nitrogen and oxygen atoms in total. The van der Waals surface area contributed by atoms with Crippen molar-refractivity contribution in [3.8, 4) is 0 Å². The summed E-state index contributed by atoms with van der Waals surface area (Å²) in [4.78, 5) is 19.4. The van der Waals surface area contributed by atoms with Gasteiger partial charge < -0.3 is 15.0 Å². The Morgan fingerprint density at radius 2 is 2.04 bits per heavy atom. The van der Waals surface area contributed by atoms with Crippen LogP contribution in [0.25, 0.3) is 0 Å². The van der Waals surface area contributed by atoms with Gasteiger partial charge in [0.25, 0.3) is 0 Å². The number of piperidine rings is 1. The Labute approximate surface area is 166 Å². The van der Waals surface area contributed by atoms with Crippen LogP contribution in [0.15, 0.2) is 48.8 Å². The number of nitrogens with zero attached hydrogens (tertiary/aromatic N) is 2. The van der Waals surface area contributed by atoms with Crippen molar-refractivity contribution in [2.75, 3.05) is 31.2 Å². The Bertz CT molecular complexity index is 840. The fourth-order valence-electron chi connectivity index (χ4n) is 5.26. The lowest BCUT2D eigenvalue weighted by molar-refractivity contribution is -0.125. The highest BCUT2D eigenvalue weighted by Crippen LogP contribution is 2.51. The first kappa shape index (κ1) is 17.7. The van der Waals surface area contributed by atoms with Crippen LogP contribution in [-0.2, 0) is 14.9 Å². The number of aromatic nitrogens is 1. The maximum Gasteiger partial charge on any atom is 0.226 e. The average molecular weight is 377 g/mol. The third-order valence-electron chi connectivity index (χ3n) is 6.85. The molecular formula is C23H27N3O2. The summed E-state index contributed by atoms with van der Waals surface area (Å²) in [5.41, 5.74) is 4.12. The van der Waals surface area contributed by atoms with Crippen LogP contribution in [0, 0.1) is 5.92 Å². The smallest absolute Gasteiger partial charge is 0.226 e. The molecule has 2 aromatic rings. The van der Waals surface area contributed by atoms with E-state index in [1.807, 2.05) is 18.5 Å². The molecule has 3 aliphatic rings. The molecule has 1 N–H and O–H groups in total. The number of amides is 1. The summed E-state index contributed by atoms with van der Waals surface area (Å²) < 4.78 is 5.40. The average Bonchev–Trinajstić information content (AvgIpc) is 3.38. The van der Waals surface area contributed by atoms with Crippen LogP contribution in [0.1, 0.15) is 42.9 Å². The summed E-state index contributed by atoms with van der Waals surface area (Å²) >= 11 is 0. The van der Waals surface area contributed by atoms with E-state index in [1.165, 1.54) is 16.8 Å². The summed E-state index contributed by atoms with van der Waals surface area (Å²) in [5, 5.41) is 3.35. The van der Waals surface area contributed by atoms with Crippen molar-refractivity contribution in [3.63, 3.8) is 0 Å². The molecule has 1 aromatic heterocycles. The topological polar surface area (TPSA) is 54.5 Å². The lowest BCUT2D eigenvalue weighted by Gasteiger charge is -2.41. The SMILES string of the molecule is O=C(N[C@H]1CC2(CCN(c3cccnc3)CC2)c2ccccc21)[C@H]1CCOC1. The normalized spacial score (nSPS) is 25.6. The fraction of sp³-hybridized carbons (Fsp3) is 0.478. The monoisotopic (exact) mass is 377 g/mol. The van der Waals surface area contributed by atoms with E-state index in [0.717, 1.165) is 38.8 Å². The van der Waals surface area contributed by atoms with E-state index in [4.69, 9.17) is 4.74 Å². The zero-order valence-electron chi connectivity index (χ0n) is 16.1. The Morgan fingerprint density at radius 3 is 2.79 bits per heavy atom. The maximum absolute atomic E-state index is 12.7. The van der Waals surface area contributed by atoms with Crippen LogP contribution in [0.3, 0.4) is 0 Å². The van der Waals surface area contributed by atoms with E-state index in [1.54, 1.807) is 0 Å². The van der Waals surface area contributed by atoms with E-state index in [2.05, 4.69) is 45.5 Å². The predicted octanol–water partition coefficient (Wildman–Crippen LogP) is 3.22. The number of fused-ring (bicyclic) bond motifs is 2. The molecule has 2 aliphatic heterocycles. The second-order valence-electron chi connectivity index (χ2n) is 8.39. The van der Waals surface area contributed by atoms with E-state index in [0.29, 0.717) is 13.2 Å². The van der Waals surface area contributed by atoms with Crippen LogP contribution >= 0.6 is 0 Å². The van der Waals surface area contributed by atoms with Gasteiger partial charge in [-0.2, -0.15) is 0 Å². The van der Waals surface area contributed by atoms with Crippen molar-refractivity contribution in [3.05, 3.63) is 59.9 Å². The van der Waals surface area contributed by atoms with Crippen molar-refractivity contribution in [1.29, 1.82) is 0 Å². The zero-order valence-corrected chi connectivity index (χ0v) is 16.1. The molecule has 0 radical (unpaired) electrons. The number of carbonyl (C=O) groups is 1. The van der Waals surface area contributed by atoms with Crippen LogP contribution in [0.2, 0.25) is 0 Å². The first-order valence-electron chi connectivity index (χ1n) is 10.4. The number of hydrogen-bond acceptors (Lipinski definition) is 4. The fourth-order valence-corrected chi connectivity index (χ4v) is 5.26. The van der Waals surface area contributed by atoms with Crippen LogP contribution < -0.4 is 10.2 Å². The van der Waals surface area contributed by atoms with Crippen LogP contribution in [0.4, 0.5) is 5.69 Å². The minimum absolute atomic E-state index is 0.0103. The summed E-state index contributed by atoms with van der Waals surface area (Å²) in [7, 11) is 0. The minimum Gasteiger partial charge on any atom is -0.381 e. The van der Waals surface area contributed by atoms with Crippen LogP contribution in [-0.4, -0.2) is 37.2 Å². The third kappa shape index (κ3) is 3.08. The molecule has 2 saturated heterocycles. The number of nitrogens with one attached hydrogen (secondary N) is 1. The van der Waals surface area contributed by atoms with Gasteiger partial charge in [0.05, 0.1) is 30.5 Å². The Balaban J connectivity index is 1.34. The molecule has 2 atom stereocenters. The van der Waals surface area contributed by atoms with Gasteiger partial charge in [0.1, 0.15) is 0 Å². The van der Waals surface area contributed by atoms with Crippen molar-refractivity contribution < 1.29 is 9.53 Å². The van der Waals surface area contributed by atoms with Crippen LogP contribution in [0.5, 0.6) is 0 Å². The lowest BCUT2D eigenvalue weighted by Crippen LogP contribution is -2.42. The van der Waals surface area contributed by atoms with Gasteiger partial charge >= 0.3 is 0 Å². The van der Waals surface area contributed by atoms with Gasteiger partial charge in [-0.3, -0.25) is 9.78 Å². The molecule has 146 valence electrons. The molecule has 1 aliphatic carbocycles. The molecule has 0 unspecified atom stereocenters. The summed E-state index contributed by atoms with van der Waals surface area (Å²) in [6, 6.07) is 13.0. The number of rotatable bonds is 3. The predicted molar refractivity (Wildman–Crippen MR) is 108 cm³/mol. The first-order chi connectivity index (χ1) is 13.8. The highest BCUT2D eigenvalue weighted by Gasteiger charge is 2.46. The summed E-state index contributed by atoms with van der Waals surface area (Å²) in [6.07, 6.45) is 7.84. The summed E-state index contributed by atoms with van der Waals surface area (Å²) in [5.74, 6) is 0.165. The molecule has 2 fully saturated rings. The molecule has 1 amide bonds. The molecule has 5 heteroatoms. The number of hydrogen-bond donors (Lipinski definition) is 1. The molecule has 1 aromatic carbocycles. The lowest BCUT2D eigenvalue weighted by atomic mass is 9.73. The van der Waals surface area contributed by atoms with Gasteiger partial charge in [0.2, 0.25) is 5.91 Å². The summed E-state index contributed by atoms with van der Waals surface area (Å²) in [6.45, 7) is 3.31. The highest BCUT2D eigenvalue weighted by molar-refractivity contribution is 5.79. The highest BCUT2D eigenvalue weighted by atomic mass is 16.5. The van der Waals surface area contributed by atoms with Crippen molar-refractivity contribution >= 4 is 11.6 Å². The van der Waals surface area contributed by atoms with Crippen molar-refractivity contribution in [1.82, 2.24) is 10.3 Å². The van der Waals surface area contributed by atoms with Gasteiger partial charge in [-0.1, -0.05) is 24.3 Å². The molecule has 0 bridgehead atoms. The number of anilines is 1. The largest absolute Gasteiger partial charge is 0.381 e. The molecule has 3 heterocycles. The number of pyridine rings is 1. The van der Waals surface area contributed by atoms with Gasteiger partial charge in [-0.25, -0.2) is 0 Å². The molecule has 1 spiro atoms. The Morgan fingerprint density at radius 1 is 1.18 bits per heavy atom. The van der Waals surface area contributed by atoms with E-state index >= 15 is 0 Å². The molecule has 0 saturated carbocycles. The second kappa shape index (κ2) is 7.21. The number of benzene rings is 1. The third-order valence-corrected chi connectivity index (χ3v) is 6.85. The first-order valence-corrected chi connectivity index (χ1v) is 10.4. The van der Waals surface area contributed by atoms with Crippen molar-refractivity contribution in [2.24, 2.45) is 5.92 Å². The standard InChI is InChI=1S/C23H27N3O2/c27-22(17-7-13-28-16-17)25-21-14-23(20-6-2-1-5-19(20)21)8-11-26(12-9-23)18-4-3-10-24-15-18/h1-6,10,15,17,21H,7-9,11-14,16H2,(H,25,27)/t17-,21-/m0/s1. The van der Waals surface area contributed by atoms with Crippen molar-refractivity contribution in [2.45, 2.75) is 37.1 Å². The second-order valence-corrected chi connectivity index (χ2v) is 8.39. The number of ether oxygens (including phenoxy) is 1. The van der Waals surface area contributed by atoms with Gasteiger partial charge in [-0.15, -0.1) is 0 Å². The zero-order chi connectivity index (χ0) is 19.0. The van der Waals surface area contributed by atoms with E-state index in [-0.39, 0.29) is 23.3 Å². The minimum atomic E-state index is 0.0103. The molecule has 28 heavy (non-hydrogen) atoms. The van der Waals surface area contributed by atoms with Gasteiger partial charge in [-0.05, 0) is 48.9 Å². The molecular weight excluding hydrogens is 350 g/mol. The Kier molecular flexibility index (Phi) is 4.55. The quantitative estimate of drug-likeness (QED) is 0.892. The Hall–Kier alpha value is -2.40. The van der Waals surface area contributed by atoms with Gasteiger partial charge in [0.15, 0.2) is 0 Å². The maximum atomic E-state index is 12.7. The number of carbonyl (C=O) groups excluding carboxylic acids is 1. The molecule has 5 rings (SSSR count).